The van der Waals surface area contributed by atoms with Crippen molar-refractivity contribution in [3.05, 3.63) is 53.3 Å². The van der Waals surface area contributed by atoms with E-state index in [0.717, 1.165) is 12.1 Å². The maximum atomic E-state index is 12.5. The lowest BCUT2D eigenvalue weighted by Crippen LogP contribution is -2.13. The first-order valence-electron chi connectivity index (χ1n) is 5.35. The van der Waals surface area contributed by atoms with Crippen molar-refractivity contribution in [1.29, 1.82) is 0 Å². The normalized spacial score (nSPS) is 11.5. The van der Waals surface area contributed by atoms with Gasteiger partial charge in [-0.3, -0.25) is 9.48 Å². The number of hydrogen-bond acceptors (Lipinski definition) is 2. The third kappa shape index (κ3) is 3.12. The number of primary amides is 1. The van der Waals surface area contributed by atoms with Crippen molar-refractivity contribution in [3.63, 3.8) is 0 Å². The molecular weight excluding hydrogens is 259 g/mol. The van der Waals surface area contributed by atoms with Crippen LogP contribution in [0.1, 0.15) is 21.6 Å². The number of rotatable bonds is 3. The lowest BCUT2D eigenvalue weighted by molar-refractivity contribution is -0.137. The third-order valence-corrected chi connectivity index (χ3v) is 2.49. The molecule has 0 unspecified atom stereocenters. The van der Waals surface area contributed by atoms with Crippen molar-refractivity contribution < 1.29 is 18.0 Å². The molecule has 1 heterocycles. The molecule has 19 heavy (non-hydrogen) atoms. The molecule has 0 saturated carbocycles. The summed E-state index contributed by atoms with van der Waals surface area (Å²) in [5.74, 6) is -0.678. The van der Waals surface area contributed by atoms with Gasteiger partial charge in [0.1, 0.15) is 5.69 Å². The van der Waals surface area contributed by atoms with Crippen LogP contribution < -0.4 is 5.73 Å². The van der Waals surface area contributed by atoms with Gasteiger partial charge in [0.15, 0.2) is 0 Å². The third-order valence-electron chi connectivity index (χ3n) is 2.49. The summed E-state index contributed by atoms with van der Waals surface area (Å²) >= 11 is 0. The quantitative estimate of drug-likeness (QED) is 0.927. The Labute approximate surface area is 106 Å². The smallest absolute Gasteiger partial charge is 0.364 e. The highest BCUT2D eigenvalue weighted by molar-refractivity contribution is 5.90. The van der Waals surface area contributed by atoms with Crippen molar-refractivity contribution in [2.24, 2.45) is 5.73 Å². The van der Waals surface area contributed by atoms with Gasteiger partial charge in [0, 0.05) is 6.20 Å². The zero-order valence-electron chi connectivity index (χ0n) is 9.69. The van der Waals surface area contributed by atoms with E-state index in [0.29, 0.717) is 5.56 Å². The molecule has 1 amide bonds. The SMILES string of the molecule is NC(=O)c1ccn(Cc2cccc(C(F)(F)F)c2)n1. The van der Waals surface area contributed by atoms with Crippen molar-refractivity contribution >= 4 is 5.91 Å². The Kier molecular flexibility index (Phi) is 3.28. The Hall–Kier alpha value is -2.31. The Balaban J connectivity index is 2.21. The van der Waals surface area contributed by atoms with E-state index in [1.807, 2.05) is 0 Å². The van der Waals surface area contributed by atoms with Crippen LogP contribution in [0.4, 0.5) is 13.2 Å². The molecule has 0 aliphatic carbocycles. The average Bonchev–Trinajstić information content (AvgIpc) is 2.77. The number of hydrogen-bond donors (Lipinski definition) is 1. The number of alkyl halides is 3. The molecule has 0 bridgehead atoms. The number of carbonyl (C=O) groups is 1. The fraction of sp³-hybridized carbons (Fsp3) is 0.167. The molecule has 7 heteroatoms. The number of benzene rings is 1. The second kappa shape index (κ2) is 4.75. The van der Waals surface area contributed by atoms with Crippen molar-refractivity contribution in [3.8, 4) is 0 Å². The molecule has 1 aromatic carbocycles. The topological polar surface area (TPSA) is 60.9 Å². The second-order valence-electron chi connectivity index (χ2n) is 3.96. The summed E-state index contributed by atoms with van der Waals surface area (Å²) in [6.07, 6.45) is -2.89. The van der Waals surface area contributed by atoms with Crippen LogP contribution >= 0.6 is 0 Å². The standard InChI is InChI=1S/C12H10F3N3O/c13-12(14,15)9-3-1-2-8(6-9)7-18-5-4-10(17-18)11(16)19/h1-6H,7H2,(H2,16,19). The minimum Gasteiger partial charge on any atom is -0.364 e. The highest BCUT2D eigenvalue weighted by Crippen LogP contribution is 2.29. The maximum Gasteiger partial charge on any atom is 0.416 e. The van der Waals surface area contributed by atoms with Crippen LogP contribution in [0.2, 0.25) is 0 Å². The fourth-order valence-corrected chi connectivity index (χ4v) is 1.61. The Bertz CT molecular complexity index is 604. The summed E-state index contributed by atoms with van der Waals surface area (Å²) in [6.45, 7) is 0.136. The molecule has 100 valence electrons. The van der Waals surface area contributed by atoms with Gasteiger partial charge in [-0.05, 0) is 23.8 Å². The van der Waals surface area contributed by atoms with E-state index in [9.17, 15) is 18.0 Å². The van der Waals surface area contributed by atoms with E-state index in [1.54, 1.807) is 6.07 Å². The Morgan fingerprint density at radius 3 is 2.63 bits per heavy atom. The lowest BCUT2D eigenvalue weighted by atomic mass is 10.1. The fourth-order valence-electron chi connectivity index (χ4n) is 1.61. The molecule has 0 radical (unpaired) electrons. The number of carbonyl (C=O) groups excluding carboxylic acids is 1. The zero-order valence-corrected chi connectivity index (χ0v) is 9.69. The summed E-state index contributed by atoms with van der Waals surface area (Å²) in [4.78, 5) is 10.8. The molecule has 0 aliphatic heterocycles. The average molecular weight is 269 g/mol. The maximum absolute atomic E-state index is 12.5. The Morgan fingerprint density at radius 1 is 1.32 bits per heavy atom. The molecule has 0 aliphatic rings. The summed E-state index contributed by atoms with van der Waals surface area (Å²) in [5, 5.41) is 3.86. The highest BCUT2D eigenvalue weighted by atomic mass is 19.4. The highest BCUT2D eigenvalue weighted by Gasteiger charge is 2.30. The largest absolute Gasteiger partial charge is 0.416 e. The molecule has 0 spiro atoms. The van der Waals surface area contributed by atoms with E-state index in [2.05, 4.69) is 5.10 Å². The minimum atomic E-state index is -4.38. The zero-order chi connectivity index (χ0) is 14.0. The van der Waals surface area contributed by atoms with Crippen LogP contribution in [0.5, 0.6) is 0 Å². The molecule has 2 rings (SSSR count). The Morgan fingerprint density at radius 2 is 2.05 bits per heavy atom. The number of halogens is 3. The summed E-state index contributed by atoms with van der Waals surface area (Å²) in [7, 11) is 0. The molecule has 2 aromatic rings. The van der Waals surface area contributed by atoms with E-state index in [-0.39, 0.29) is 12.2 Å². The molecule has 0 saturated heterocycles. The van der Waals surface area contributed by atoms with E-state index >= 15 is 0 Å². The number of nitrogens with two attached hydrogens (primary N) is 1. The first-order valence-corrected chi connectivity index (χ1v) is 5.35. The molecular formula is C12H10F3N3O. The number of amides is 1. The molecule has 2 N–H and O–H groups in total. The number of aromatic nitrogens is 2. The predicted molar refractivity (Wildman–Crippen MR) is 61.3 cm³/mol. The van der Waals surface area contributed by atoms with Crippen LogP contribution in [0.15, 0.2) is 36.5 Å². The molecule has 1 aromatic heterocycles. The van der Waals surface area contributed by atoms with Crippen LogP contribution in [0.3, 0.4) is 0 Å². The van der Waals surface area contributed by atoms with Crippen LogP contribution in [-0.4, -0.2) is 15.7 Å². The van der Waals surface area contributed by atoms with Gasteiger partial charge in [-0.2, -0.15) is 18.3 Å². The van der Waals surface area contributed by atoms with Gasteiger partial charge in [0.05, 0.1) is 12.1 Å². The first kappa shape index (κ1) is 13.1. The summed E-state index contributed by atoms with van der Waals surface area (Å²) < 4.78 is 39.0. The van der Waals surface area contributed by atoms with Gasteiger partial charge in [0.2, 0.25) is 0 Å². The predicted octanol–water partition coefficient (Wildman–Crippen LogP) is 2.05. The van der Waals surface area contributed by atoms with Gasteiger partial charge in [-0.25, -0.2) is 0 Å². The second-order valence-corrected chi connectivity index (χ2v) is 3.96. The van der Waals surface area contributed by atoms with Gasteiger partial charge >= 0.3 is 6.18 Å². The van der Waals surface area contributed by atoms with Gasteiger partial charge in [0.25, 0.3) is 5.91 Å². The van der Waals surface area contributed by atoms with Crippen LogP contribution in [0, 0.1) is 0 Å². The summed E-state index contributed by atoms with van der Waals surface area (Å²) in [6, 6.07) is 6.35. The van der Waals surface area contributed by atoms with Crippen molar-refractivity contribution in [1.82, 2.24) is 9.78 Å². The van der Waals surface area contributed by atoms with Gasteiger partial charge in [-0.1, -0.05) is 12.1 Å². The first-order chi connectivity index (χ1) is 8.86. The molecule has 0 fully saturated rings. The summed E-state index contributed by atoms with van der Waals surface area (Å²) in [5.41, 5.74) is 4.84. The lowest BCUT2D eigenvalue weighted by Gasteiger charge is -2.08. The molecule has 4 nitrogen and oxygen atoms in total. The van der Waals surface area contributed by atoms with Crippen molar-refractivity contribution in [2.45, 2.75) is 12.7 Å². The minimum absolute atomic E-state index is 0.0759. The van der Waals surface area contributed by atoms with Gasteiger partial charge < -0.3 is 5.73 Å². The van der Waals surface area contributed by atoms with Gasteiger partial charge in [-0.15, -0.1) is 0 Å². The number of nitrogens with zero attached hydrogens (tertiary/aromatic N) is 2. The van der Waals surface area contributed by atoms with Crippen molar-refractivity contribution in [2.75, 3.05) is 0 Å². The van der Waals surface area contributed by atoms with Crippen LogP contribution in [-0.2, 0) is 12.7 Å². The monoisotopic (exact) mass is 269 g/mol. The van der Waals surface area contributed by atoms with E-state index in [1.165, 1.54) is 23.0 Å². The van der Waals surface area contributed by atoms with Crippen LogP contribution in [0.25, 0.3) is 0 Å². The van der Waals surface area contributed by atoms with E-state index < -0.39 is 17.6 Å². The van der Waals surface area contributed by atoms with E-state index in [4.69, 9.17) is 5.73 Å². The molecule has 0 atom stereocenters.